The Morgan fingerprint density at radius 3 is 2.27 bits per heavy atom. The van der Waals surface area contributed by atoms with E-state index in [1.165, 1.54) is 0 Å². The second kappa shape index (κ2) is 4.49. The molecule has 0 saturated carbocycles. The molecule has 2 amide bonds. The average molecular weight is 234 g/mol. The quantitative estimate of drug-likeness (QED) is 0.579. The monoisotopic (exact) mass is 233 g/mol. The largest absolute Gasteiger partial charge is 0.390 e. The zero-order valence-electron chi connectivity index (χ0n) is 8.99. The van der Waals surface area contributed by atoms with Gasteiger partial charge in [-0.1, -0.05) is 13.8 Å². The Morgan fingerprint density at radius 2 is 1.87 bits per heavy atom. The molecule has 1 fully saturated rings. The zero-order chi connectivity index (χ0) is 11.6. The first-order valence-corrected chi connectivity index (χ1v) is 5.46. The number of aliphatic hydroxyl groups excluding tert-OH is 1. The second-order valence-corrected chi connectivity index (χ2v) is 5.03. The molecule has 0 aromatic carbocycles. The molecule has 15 heavy (non-hydrogen) atoms. The molecule has 0 aliphatic carbocycles. The highest BCUT2D eigenvalue weighted by Crippen LogP contribution is 2.31. The second-order valence-electron chi connectivity index (χ2n) is 4.72. The summed E-state index contributed by atoms with van der Waals surface area (Å²) in [6.45, 7) is 3.79. The fourth-order valence-electron chi connectivity index (χ4n) is 1.67. The molecule has 0 aromatic heterocycles. The molecule has 5 heteroatoms. The first-order valence-electron chi connectivity index (χ1n) is 4.93. The van der Waals surface area contributed by atoms with Crippen molar-refractivity contribution in [2.24, 2.45) is 5.41 Å². The van der Waals surface area contributed by atoms with Gasteiger partial charge in [-0.25, -0.2) is 0 Å². The highest BCUT2D eigenvalue weighted by Gasteiger charge is 2.37. The Bertz CT molecular complexity index is 258. The number of rotatable bonds is 3. The SMILES string of the molecule is CC1(C)CC(=O)N(CC(O)CCl)C(=O)C1. The molecule has 4 nitrogen and oxygen atoms in total. The maximum absolute atomic E-state index is 11.6. The number of amides is 2. The molecular formula is C10H16ClNO3. The van der Waals surface area contributed by atoms with Crippen LogP contribution in [0.3, 0.4) is 0 Å². The van der Waals surface area contributed by atoms with Crippen LogP contribution in [0.25, 0.3) is 0 Å². The van der Waals surface area contributed by atoms with Crippen molar-refractivity contribution in [2.75, 3.05) is 12.4 Å². The predicted molar refractivity (Wildman–Crippen MR) is 56.5 cm³/mol. The minimum absolute atomic E-state index is 0.0112. The normalized spacial score (nSPS) is 23.1. The number of alkyl halides is 1. The molecule has 1 unspecified atom stereocenters. The standard InChI is InChI=1S/C10H16ClNO3/c1-10(2)3-8(14)12(9(15)4-10)6-7(13)5-11/h7,13H,3-6H2,1-2H3. The van der Waals surface area contributed by atoms with Gasteiger partial charge in [0.25, 0.3) is 0 Å². The molecule has 1 rings (SSSR count). The molecule has 1 aliphatic heterocycles. The lowest BCUT2D eigenvalue weighted by molar-refractivity contribution is -0.153. The highest BCUT2D eigenvalue weighted by atomic mass is 35.5. The predicted octanol–water partition coefficient (Wildman–Crippen LogP) is 0.761. The molecule has 1 atom stereocenters. The third kappa shape index (κ3) is 3.18. The van der Waals surface area contributed by atoms with Gasteiger partial charge in [0.2, 0.25) is 11.8 Å². The molecular weight excluding hydrogens is 218 g/mol. The fraction of sp³-hybridized carbons (Fsp3) is 0.800. The Kier molecular flexibility index (Phi) is 3.73. The van der Waals surface area contributed by atoms with Crippen molar-refractivity contribution in [2.45, 2.75) is 32.8 Å². The first-order chi connectivity index (χ1) is 6.85. The fourth-order valence-corrected chi connectivity index (χ4v) is 1.77. The molecule has 0 aromatic rings. The van der Waals surface area contributed by atoms with Crippen LogP contribution in [0, 0.1) is 5.41 Å². The van der Waals surface area contributed by atoms with Gasteiger partial charge < -0.3 is 5.11 Å². The van der Waals surface area contributed by atoms with Crippen molar-refractivity contribution >= 4 is 23.4 Å². The van der Waals surface area contributed by atoms with Crippen LogP contribution >= 0.6 is 11.6 Å². The number of likely N-dealkylation sites (tertiary alicyclic amines) is 1. The summed E-state index contributed by atoms with van der Waals surface area (Å²) in [7, 11) is 0. The summed E-state index contributed by atoms with van der Waals surface area (Å²) in [5.74, 6) is -0.415. The van der Waals surface area contributed by atoms with Gasteiger partial charge in [0.1, 0.15) is 0 Å². The van der Waals surface area contributed by atoms with E-state index in [4.69, 9.17) is 11.6 Å². The number of hydrogen-bond acceptors (Lipinski definition) is 3. The zero-order valence-corrected chi connectivity index (χ0v) is 9.75. The summed E-state index contributed by atoms with van der Waals surface area (Å²) in [5.41, 5.74) is -0.267. The molecule has 0 spiro atoms. The topological polar surface area (TPSA) is 57.6 Å². The third-order valence-corrected chi connectivity index (χ3v) is 2.79. The van der Waals surface area contributed by atoms with Crippen molar-refractivity contribution in [3.63, 3.8) is 0 Å². The van der Waals surface area contributed by atoms with Gasteiger partial charge in [0, 0.05) is 12.8 Å². The van der Waals surface area contributed by atoms with Gasteiger partial charge in [-0.2, -0.15) is 0 Å². The van der Waals surface area contributed by atoms with Gasteiger partial charge in [-0.15, -0.1) is 11.6 Å². The summed E-state index contributed by atoms with van der Waals surface area (Å²) in [6.07, 6.45) is -0.151. The van der Waals surface area contributed by atoms with Crippen molar-refractivity contribution < 1.29 is 14.7 Å². The van der Waals surface area contributed by atoms with Crippen molar-refractivity contribution in [3.8, 4) is 0 Å². The van der Waals surface area contributed by atoms with Crippen LogP contribution < -0.4 is 0 Å². The lowest BCUT2D eigenvalue weighted by Gasteiger charge is -2.35. The number of nitrogens with zero attached hydrogens (tertiary/aromatic N) is 1. The number of aliphatic hydroxyl groups is 1. The number of imide groups is 1. The maximum Gasteiger partial charge on any atom is 0.229 e. The van der Waals surface area contributed by atoms with Gasteiger partial charge >= 0.3 is 0 Å². The molecule has 1 N–H and O–H groups in total. The van der Waals surface area contributed by atoms with E-state index in [1.807, 2.05) is 13.8 Å². The maximum atomic E-state index is 11.6. The van der Waals surface area contributed by atoms with Crippen LogP contribution in [0.2, 0.25) is 0 Å². The van der Waals surface area contributed by atoms with E-state index < -0.39 is 6.10 Å². The highest BCUT2D eigenvalue weighted by molar-refractivity contribution is 6.18. The Labute approximate surface area is 94.2 Å². The molecule has 1 saturated heterocycles. The summed E-state index contributed by atoms with van der Waals surface area (Å²) < 4.78 is 0. The Balaban J connectivity index is 2.67. The number of halogens is 1. The lowest BCUT2D eigenvalue weighted by Crippen LogP contribution is -2.49. The van der Waals surface area contributed by atoms with Crippen LogP contribution in [0.1, 0.15) is 26.7 Å². The summed E-state index contributed by atoms with van der Waals surface area (Å²) in [4.78, 5) is 24.4. The Morgan fingerprint density at radius 1 is 1.40 bits per heavy atom. The molecule has 0 bridgehead atoms. The number of β-amino-alcohol motifs (C(OH)–C–C–N with tert-alkyl or cyclic N) is 1. The summed E-state index contributed by atoms with van der Waals surface area (Å²) in [6, 6.07) is 0. The number of hydrogen-bond donors (Lipinski definition) is 1. The molecule has 0 radical (unpaired) electrons. The number of piperidine rings is 1. The van der Waals surface area contributed by atoms with E-state index in [2.05, 4.69) is 0 Å². The van der Waals surface area contributed by atoms with Crippen LogP contribution in [-0.4, -0.2) is 40.3 Å². The van der Waals surface area contributed by atoms with E-state index >= 15 is 0 Å². The first kappa shape index (κ1) is 12.5. The van der Waals surface area contributed by atoms with E-state index in [0.29, 0.717) is 12.8 Å². The third-order valence-electron chi connectivity index (χ3n) is 2.43. The summed E-state index contributed by atoms with van der Waals surface area (Å²) in [5, 5.41) is 9.30. The van der Waals surface area contributed by atoms with Gasteiger partial charge in [0.05, 0.1) is 18.5 Å². The van der Waals surface area contributed by atoms with Gasteiger partial charge in [0.15, 0.2) is 0 Å². The number of carbonyl (C=O) groups excluding carboxylic acids is 2. The van der Waals surface area contributed by atoms with E-state index in [1.54, 1.807) is 0 Å². The minimum Gasteiger partial charge on any atom is -0.390 e. The molecule has 86 valence electrons. The van der Waals surface area contributed by atoms with E-state index in [0.717, 1.165) is 4.90 Å². The van der Waals surface area contributed by atoms with Crippen molar-refractivity contribution in [1.29, 1.82) is 0 Å². The molecule has 1 heterocycles. The average Bonchev–Trinajstić information content (AvgIpc) is 2.09. The minimum atomic E-state index is -0.833. The smallest absolute Gasteiger partial charge is 0.229 e. The van der Waals surface area contributed by atoms with E-state index in [9.17, 15) is 14.7 Å². The van der Waals surface area contributed by atoms with Crippen LogP contribution in [0.5, 0.6) is 0 Å². The van der Waals surface area contributed by atoms with Crippen molar-refractivity contribution in [3.05, 3.63) is 0 Å². The summed E-state index contributed by atoms with van der Waals surface area (Å²) >= 11 is 5.42. The van der Waals surface area contributed by atoms with Crippen LogP contribution in [-0.2, 0) is 9.59 Å². The Hall–Kier alpha value is -0.610. The van der Waals surface area contributed by atoms with Crippen LogP contribution in [0.15, 0.2) is 0 Å². The van der Waals surface area contributed by atoms with Gasteiger partial charge in [-0.3, -0.25) is 14.5 Å². The lowest BCUT2D eigenvalue weighted by atomic mass is 9.81. The van der Waals surface area contributed by atoms with Crippen LogP contribution in [0.4, 0.5) is 0 Å². The van der Waals surface area contributed by atoms with Crippen molar-refractivity contribution in [1.82, 2.24) is 4.90 Å². The molecule has 1 aliphatic rings. The van der Waals surface area contributed by atoms with E-state index in [-0.39, 0.29) is 29.7 Å². The number of carbonyl (C=O) groups is 2. The van der Waals surface area contributed by atoms with Gasteiger partial charge in [-0.05, 0) is 5.41 Å².